The van der Waals surface area contributed by atoms with Gasteiger partial charge in [-0.1, -0.05) is 13.8 Å². The first-order valence-electron chi connectivity index (χ1n) is 8.20. The van der Waals surface area contributed by atoms with Gasteiger partial charge in [0.05, 0.1) is 15.7 Å². The lowest BCUT2D eigenvalue weighted by molar-refractivity contribution is -0.140. The number of hydrogen-bond acceptors (Lipinski definition) is 5. The van der Waals surface area contributed by atoms with Crippen LogP contribution in [0.5, 0.6) is 0 Å². The number of halogens is 4. The van der Waals surface area contributed by atoms with Crippen molar-refractivity contribution >= 4 is 52.6 Å². The van der Waals surface area contributed by atoms with E-state index < -0.39 is 11.9 Å². The summed E-state index contributed by atoms with van der Waals surface area (Å²) in [4.78, 5) is 12.3. The second-order valence-electron chi connectivity index (χ2n) is 5.88. The maximum Gasteiger partial charge on any atom is 0.434 e. The van der Waals surface area contributed by atoms with Crippen LogP contribution in [0, 0.1) is 0 Å². The minimum atomic E-state index is -4.38. The SMILES string of the molecule is CN=C(NCCc1csc(C(C)C)n1)NCCc1nc(C(F)(F)F)cs1.I. The summed E-state index contributed by atoms with van der Waals surface area (Å²) in [7, 11) is 1.65. The summed E-state index contributed by atoms with van der Waals surface area (Å²) in [6.07, 6.45) is -3.19. The highest BCUT2D eigenvalue weighted by Gasteiger charge is 2.33. The van der Waals surface area contributed by atoms with E-state index in [4.69, 9.17) is 0 Å². The molecule has 2 heterocycles. The molecule has 2 N–H and O–H groups in total. The van der Waals surface area contributed by atoms with Crippen molar-refractivity contribution in [2.75, 3.05) is 20.1 Å². The normalized spacial score (nSPS) is 12.2. The first kappa shape index (κ1) is 24.1. The molecule has 5 nitrogen and oxygen atoms in total. The first-order valence-corrected chi connectivity index (χ1v) is 9.96. The topological polar surface area (TPSA) is 62.2 Å². The number of thiazole rings is 2. The molecule has 2 rings (SSSR count). The molecule has 11 heteroatoms. The van der Waals surface area contributed by atoms with E-state index in [9.17, 15) is 13.2 Å². The molecule has 0 unspecified atom stereocenters. The van der Waals surface area contributed by atoms with Crippen molar-refractivity contribution in [3.8, 4) is 0 Å². The quantitative estimate of drug-likeness (QED) is 0.317. The Bertz CT molecular complexity index is 728. The van der Waals surface area contributed by atoms with E-state index in [2.05, 4.69) is 44.8 Å². The Kier molecular flexibility index (Phi) is 9.95. The molecular weight excluding hydrogens is 510 g/mol. The molecule has 0 spiro atoms. The van der Waals surface area contributed by atoms with Gasteiger partial charge in [-0.05, 0) is 0 Å². The van der Waals surface area contributed by atoms with Crippen LogP contribution < -0.4 is 10.6 Å². The van der Waals surface area contributed by atoms with Gasteiger partial charge in [0.2, 0.25) is 0 Å². The third-order valence-electron chi connectivity index (χ3n) is 3.43. The molecule has 27 heavy (non-hydrogen) atoms. The highest BCUT2D eigenvalue weighted by atomic mass is 127. The molecule has 0 atom stereocenters. The second kappa shape index (κ2) is 11.1. The van der Waals surface area contributed by atoms with Gasteiger partial charge in [0.15, 0.2) is 11.7 Å². The maximum absolute atomic E-state index is 12.5. The number of hydrogen-bond donors (Lipinski definition) is 2. The zero-order chi connectivity index (χ0) is 19.2. The van der Waals surface area contributed by atoms with Crippen LogP contribution in [0.15, 0.2) is 15.8 Å². The Balaban J connectivity index is 0.00000364. The van der Waals surface area contributed by atoms with Crippen molar-refractivity contribution in [2.24, 2.45) is 4.99 Å². The van der Waals surface area contributed by atoms with E-state index in [1.54, 1.807) is 18.4 Å². The maximum atomic E-state index is 12.5. The van der Waals surface area contributed by atoms with E-state index in [-0.39, 0.29) is 24.0 Å². The van der Waals surface area contributed by atoms with E-state index in [0.717, 1.165) is 33.8 Å². The molecule has 0 aliphatic carbocycles. The summed E-state index contributed by atoms with van der Waals surface area (Å²) in [5.74, 6) is 1.04. The van der Waals surface area contributed by atoms with Crippen LogP contribution in [0.2, 0.25) is 0 Å². The number of rotatable bonds is 7. The second-order valence-corrected chi connectivity index (χ2v) is 7.71. The van der Waals surface area contributed by atoms with Crippen molar-refractivity contribution in [1.82, 2.24) is 20.6 Å². The van der Waals surface area contributed by atoms with Gasteiger partial charge in [0.25, 0.3) is 0 Å². The number of aliphatic imine (C=N–C) groups is 1. The number of nitrogens with one attached hydrogen (secondary N) is 2. The van der Waals surface area contributed by atoms with Crippen LogP contribution in [0.4, 0.5) is 13.2 Å². The van der Waals surface area contributed by atoms with Crippen molar-refractivity contribution in [1.29, 1.82) is 0 Å². The molecule has 0 radical (unpaired) electrons. The molecule has 0 aliphatic rings. The minimum Gasteiger partial charge on any atom is -0.356 e. The van der Waals surface area contributed by atoms with E-state index in [1.807, 2.05) is 0 Å². The number of guanidine groups is 1. The van der Waals surface area contributed by atoms with Crippen LogP contribution >= 0.6 is 46.7 Å². The average Bonchev–Trinajstić information content (AvgIpc) is 3.22. The van der Waals surface area contributed by atoms with Crippen LogP contribution in [0.1, 0.15) is 41.2 Å². The van der Waals surface area contributed by atoms with Crippen molar-refractivity contribution in [3.63, 3.8) is 0 Å². The molecule has 2 aromatic heterocycles. The van der Waals surface area contributed by atoms with Gasteiger partial charge in [-0.25, -0.2) is 9.97 Å². The Morgan fingerprint density at radius 3 is 2.30 bits per heavy atom. The third kappa shape index (κ3) is 7.90. The van der Waals surface area contributed by atoms with Crippen molar-refractivity contribution in [3.05, 3.63) is 32.2 Å². The third-order valence-corrected chi connectivity index (χ3v) is 5.54. The van der Waals surface area contributed by atoms with E-state index in [0.29, 0.717) is 36.4 Å². The van der Waals surface area contributed by atoms with Gasteiger partial charge >= 0.3 is 6.18 Å². The summed E-state index contributed by atoms with van der Waals surface area (Å²) in [6, 6.07) is 0. The van der Waals surface area contributed by atoms with Crippen LogP contribution in [0.3, 0.4) is 0 Å². The van der Waals surface area contributed by atoms with Gasteiger partial charge in [0.1, 0.15) is 0 Å². The summed E-state index contributed by atoms with van der Waals surface area (Å²) in [5, 5.41) is 10.9. The van der Waals surface area contributed by atoms with Gasteiger partial charge in [-0.3, -0.25) is 4.99 Å². The smallest absolute Gasteiger partial charge is 0.356 e. The predicted octanol–water partition coefficient (Wildman–Crippen LogP) is 4.31. The Morgan fingerprint density at radius 1 is 1.11 bits per heavy atom. The number of alkyl halides is 3. The monoisotopic (exact) mass is 533 g/mol. The molecule has 2 aromatic rings. The molecular formula is C16H23F3IN5S2. The molecule has 0 saturated carbocycles. The van der Waals surface area contributed by atoms with E-state index >= 15 is 0 Å². The van der Waals surface area contributed by atoms with Crippen molar-refractivity contribution < 1.29 is 13.2 Å². The molecule has 0 aliphatic heterocycles. The zero-order valence-corrected chi connectivity index (χ0v) is 19.2. The lowest BCUT2D eigenvalue weighted by Gasteiger charge is -2.10. The molecule has 0 saturated heterocycles. The Hall–Kier alpha value is -0.950. The lowest BCUT2D eigenvalue weighted by atomic mass is 10.2. The standard InChI is InChI=1S/C16H22F3N5S2.HI/c1-10(2)14-23-11(8-26-14)4-6-21-15(20-3)22-7-5-13-24-12(9-25-13)16(17,18)19;/h8-10H,4-7H2,1-3H3,(H2,20,21,22);1H. The molecule has 0 fully saturated rings. The van der Waals surface area contributed by atoms with Gasteiger partial charge in [0, 0.05) is 49.7 Å². The first-order chi connectivity index (χ1) is 12.3. The highest BCUT2D eigenvalue weighted by Crippen LogP contribution is 2.30. The summed E-state index contributed by atoms with van der Waals surface area (Å²) in [6.45, 7) is 5.37. The van der Waals surface area contributed by atoms with Crippen LogP contribution in [-0.4, -0.2) is 36.1 Å². The lowest BCUT2D eigenvalue weighted by Crippen LogP contribution is -2.39. The molecule has 152 valence electrons. The number of aromatic nitrogens is 2. The molecule has 0 aromatic carbocycles. The van der Waals surface area contributed by atoms with Crippen LogP contribution in [0.25, 0.3) is 0 Å². The fraction of sp³-hybridized carbons (Fsp3) is 0.562. The largest absolute Gasteiger partial charge is 0.434 e. The Morgan fingerprint density at radius 2 is 1.78 bits per heavy atom. The molecule has 0 bridgehead atoms. The number of nitrogens with zero attached hydrogens (tertiary/aromatic N) is 3. The van der Waals surface area contributed by atoms with Gasteiger partial charge in [-0.15, -0.1) is 46.7 Å². The van der Waals surface area contributed by atoms with E-state index in [1.165, 1.54) is 0 Å². The summed E-state index contributed by atoms with van der Waals surface area (Å²) < 4.78 is 37.6. The highest BCUT2D eigenvalue weighted by molar-refractivity contribution is 14.0. The van der Waals surface area contributed by atoms with Gasteiger partial charge in [-0.2, -0.15) is 13.2 Å². The predicted molar refractivity (Wildman–Crippen MR) is 116 cm³/mol. The minimum absolute atomic E-state index is 0. The summed E-state index contributed by atoms with van der Waals surface area (Å²) in [5.41, 5.74) is 0.216. The fourth-order valence-electron chi connectivity index (χ4n) is 2.08. The average molecular weight is 533 g/mol. The van der Waals surface area contributed by atoms with Gasteiger partial charge < -0.3 is 10.6 Å². The molecule has 0 amide bonds. The Labute approximate surface area is 181 Å². The van der Waals surface area contributed by atoms with Crippen molar-refractivity contribution in [2.45, 2.75) is 38.8 Å². The van der Waals surface area contributed by atoms with Crippen LogP contribution in [-0.2, 0) is 19.0 Å². The fourth-order valence-corrected chi connectivity index (χ4v) is 3.75. The summed E-state index contributed by atoms with van der Waals surface area (Å²) >= 11 is 2.68. The zero-order valence-electron chi connectivity index (χ0n) is 15.3.